The summed E-state index contributed by atoms with van der Waals surface area (Å²) in [6, 6.07) is 11.9. The largest absolute Gasteiger partial charge is 0.469 e. The number of aryl methyl sites for hydroxylation is 1. The van der Waals surface area contributed by atoms with Gasteiger partial charge in [0.25, 0.3) is 5.89 Å². The summed E-state index contributed by atoms with van der Waals surface area (Å²) in [6.07, 6.45) is 2.02. The summed E-state index contributed by atoms with van der Waals surface area (Å²) in [5.41, 5.74) is 0.754. The quantitative estimate of drug-likeness (QED) is 0.417. The second-order valence-corrected chi connectivity index (χ2v) is 10.1. The Morgan fingerprint density at radius 1 is 1.23 bits per heavy atom. The molecule has 3 aromatic heterocycles. The smallest absolute Gasteiger partial charge is 0.268 e. The molecule has 0 fully saturated rings. The van der Waals surface area contributed by atoms with Gasteiger partial charge < -0.3 is 8.94 Å². The number of nitrogens with zero attached hydrogens (tertiary/aromatic N) is 2. The molecule has 10 heteroatoms. The number of furan rings is 1. The van der Waals surface area contributed by atoms with Gasteiger partial charge in [0.2, 0.25) is 15.8 Å². The van der Waals surface area contributed by atoms with E-state index in [2.05, 4.69) is 14.9 Å². The highest BCUT2D eigenvalue weighted by atomic mass is 35.5. The van der Waals surface area contributed by atoms with Gasteiger partial charge in [-0.3, -0.25) is 0 Å². The summed E-state index contributed by atoms with van der Waals surface area (Å²) in [7, 11) is -3.72. The average molecular weight is 464 g/mol. The fourth-order valence-electron chi connectivity index (χ4n) is 2.98. The Balaban J connectivity index is 1.55. The summed E-state index contributed by atoms with van der Waals surface area (Å²) in [5, 5.41) is 4.60. The van der Waals surface area contributed by atoms with Crippen LogP contribution < -0.4 is 4.72 Å². The van der Waals surface area contributed by atoms with E-state index in [0.717, 1.165) is 5.56 Å². The molecule has 3 heterocycles. The molecule has 0 aliphatic heterocycles. The first kappa shape index (κ1) is 20.8. The first-order chi connectivity index (χ1) is 14.3. The van der Waals surface area contributed by atoms with Crippen LogP contribution in [-0.2, 0) is 16.4 Å². The van der Waals surface area contributed by atoms with Crippen LogP contribution >= 0.6 is 22.9 Å². The minimum Gasteiger partial charge on any atom is -0.469 e. The van der Waals surface area contributed by atoms with E-state index >= 15 is 0 Å². The van der Waals surface area contributed by atoms with Crippen LogP contribution in [0.5, 0.6) is 0 Å². The zero-order valence-electron chi connectivity index (χ0n) is 16.1. The van der Waals surface area contributed by atoms with Crippen molar-refractivity contribution in [3.05, 3.63) is 64.4 Å². The van der Waals surface area contributed by atoms with E-state index in [1.54, 1.807) is 56.5 Å². The van der Waals surface area contributed by atoms with Crippen molar-refractivity contribution >= 4 is 33.0 Å². The van der Waals surface area contributed by atoms with Crippen LogP contribution in [0.4, 0.5) is 0 Å². The number of nitrogens with one attached hydrogen (secondary N) is 1. The lowest BCUT2D eigenvalue weighted by Gasteiger charge is -2.12. The van der Waals surface area contributed by atoms with E-state index < -0.39 is 10.0 Å². The maximum absolute atomic E-state index is 12.9. The molecule has 156 valence electrons. The Bertz CT molecular complexity index is 1250. The molecular formula is C20H18ClN3O4S2. The van der Waals surface area contributed by atoms with E-state index in [1.807, 2.05) is 6.07 Å². The number of hydrogen-bond donors (Lipinski definition) is 1. The Morgan fingerprint density at radius 3 is 2.70 bits per heavy atom. The summed E-state index contributed by atoms with van der Waals surface area (Å²) in [6.45, 7) is 3.54. The summed E-state index contributed by atoms with van der Waals surface area (Å²) in [4.78, 5) is 5.80. The average Bonchev–Trinajstić information content (AvgIpc) is 3.42. The van der Waals surface area contributed by atoms with E-state index in [-0.39, 0.29) is 16.8 Å². The third-order valence-corrected chi connectivity index (χ3v) is 7.48. The first-order valence-corrected chi connectivity index (χ1v) is 11.7. The van der Waals surface area contributed by atoms with Crippen molar-refractivity contribution in [3.63, 3.8) is 0 Å². The minimum absolute atomic E-state index is 0.194. The Morgan fingerprint density at radius 2 is 2.00 bits per heavy atom. The highest BCUT2D eigenvalue weighted by molar-refractivity contribution is 7.89. The van der Waals surface area contributed by atoms with Gasteiger partial charge in [0.1, 0.15) is 5.76 Å². The number of benzene rings is 1. The number of aromatic nitrogens is 2. The van der Waals surface area contributed by atoms with Crippen molar-refractivity contribution in [2.45, 2.75) is 31.2 Å². The molecule has 1 atom stereocenters. The Labute approximate surface area is 182 Å². The zero-order chi connectivity index (χ0) is 21.3. The lowest BCUT2D eigenvalue weighted by atomic mass is 10.2. The number of halogens is 1. The van der Waals surface area contributed by atoms with Crippen molar-refractivity contribution in [2.75, 3.05) is 0 Å². The van der Waals surface area contributed by atoms with Gasteiger partial charge in [-0.25, -0.2) is 13.1 Å². The van der Waals surface area contributed by atoms with Crippen LogP contribution in [0.2, 0.25) is 5.02 Å². The molecule has 0 aliphatic carbocycles. The van der Waals surface area contributed by atoms with Crippen LogP contribution in [0.25, 0.3) is 22.2 Å². The Kier molecular flexibility index (Phi) is 5.79. The standard InChI is InChI=1S/C20H18ClN3O4S2/c1-12(10-16-4-3-9-27-16)24-30(25,26)18-11-17(29-13(18)2)20-22-19(23-28-20)14-5-7-15(21)8-6-14/h3-9,11-12,24H,10H2,1-2H3/t12-/m0/s1. The van der Waals surface area contributed by atoms with Crippen molar-refractivity contribution in [2.24, 2.45) is 0 Å². The van der Waals surface area contributed by atoms with Crippen LogP contribution in [0.1, 0.15) is 17.6 Å². The molecule has 4 rings (SSSR count). The third-order valence-electron chi connectivity index (χ3n) is 4.34. The van der Waals surface area contributed by atoms with Crippen molar-refractivity contribution in [1.82, 2.24) is 14.9 Å². The normalized spacial score (nSPS) is 12.9. The second kappa shape index (κ2) is 8.35. The summed E-state index contributed by atoms with van der Waals surface area (Å²) >= 11 is 7.19. The van der Waals surface area contributed by atoms with Gasteiger partial charge in [-0.1, -0.05) is 16.8 Å². The number of sulfonamides is 1. The highest BCUT2D eigenvalue weighted by Gasteiger charge is 2.24. The SMILES string of the molecule is Cc1sc(-c2nc(-c3ccc(Cl)cc3)no2)cc1S(=O)(=O)N[C@@H](C)Cc1ccco1. The predicted octanol–water partition coefficient (Wildman–Crippen LogP) is 4.93. The van der Waals surface area contributed by atoms with E-state index in [1.165, 1.54) is 11.3 Å². The van der Waals surface area contributed by atoms with Gasteiger partial charge in [-0.15, -0.1) is 11.3 Å². The molecule has 1 N–H and O–H groups in total. The van der Waals surface area contributed by atoms with Crippen molar-refractivity contribution in [3.8, 4) is 22.2 Å². The van der Waals surface area contributed by atoms with Gasteiger partial charge in [0.05, 0.1) is 16.0 Å². The Hall–Kier alpha value is -2.46. The molecule has 0 unspecified atom stereocenters. The topological polar surface area (TPSA) is 98.2 Å². The maximum atomic E-state index is 12.9. The molecule has 0 radical (unpaired) electrons. The van der Waals surface area contributed by atoms with Gasteiger partial charge in [-0.05, 0) is 56.3 Å². The lowest BCUT2D eigenvalue weighted by Crippen LogP contribution is -2.34. The summed E-state index contributed by atoms with van der Waals surface area (Å²) < 4.78 is 39.1. The van der Waals surface area contributed by atoms with Crippen LogP contribution in [0, 0.1) is 6.92 Å². The third kappa shape index (κ3) is 4.49. The molecule has 7 nitrogen and oxygen atoms in total. The minimum atomic E-state index is -3.72. The van der Waals surface area contributed by atoms with E-state index in [4.69, 9.17) is 20.5 Å². The first-order valence-electron chi connectivity index (χ1n) is 9.07. The second-order valence-electron chi connectivity index (χ2n) is 6.77. The van der Waals surface area contributed by atoms with Crippen LogP contribution in [0.15, 0.2) is 62.6 Å². The molecule has 1 aromatic carbocycles. The monoisotopic (exact) mass is 463 g/mol. The van der Waals surface area contributed by atoms with Crippen molar-refractivity contribution in [1.29, 1.82) is 0 Å². The van der Waals surface area contributed by atoms with Gasteiger partial charge in [0.15, 0.2) is 0 Å². The van der Waals surface area contributed by atoms with Gasteiger partial charge in [-0.2, -0.15) is 4.98 Å². The molecular weight excluding hydrogens is 446 g/mol. The summed E-state index contributed by atoms with van der Waals surface area (Å²) in [5.74, 6) is 1.38. The fourth-order valence-corrected chi connectivity index (χ4v) is 5.86. The van der Waals surface area contributed by atoms with E-state index in [9.17, 15) is 8.42 Å². The molecule has 0 saturated heterocycles. The molecule has 0 amide bonds. The lowest BCUT2D eigenvalue weighted by molar-refractivity contribution is 0.433. The van der Waals surface area contributed by atoms with Crippen LogP contribution in [0.3, 0.4) is 0 Å². The van der Waals surface area contributed by atoms with Crippen LogP contribution in [-0.4, -0.2) is 24.6 Å². The number of thiophene rings is 1. The van der Waals surface area contributed by atoms with Gasteiger partial charge >= 0.3 is 0 Å². The maximum Gasteiger partial charge on any atom is 0.268 e. The van der Waals surface area contributed by atoms with Gasteiger partial charge in [0, 0.05) is 27.9 Å². The highest BCUT2D eigenvalue weighted by Crippen LogP contribution is 2.33. The molecule has 0 aliphatic rings. The molecule has 30 heavy (non-hydrogen) atoms. The predicted molar refractivity (Wildman–Crippen MR) is 115 cm³/mol. The van der Waals surface area contributed by atoms with E-state index in [0.29, 0.717) is 32.8 Å². The zero-order valence-corrected chi connectivity index (χ0v) is 18.5. The van der Waals surface area contributed by atoms with Crippen molar-refractivity contribution < 1.29 is 17.4 Å². The molecule has 0 spiro atoms. The fraction of sp³-hybridized carbons (Fsp3) is 0.200. The number of rotatable bonds is 7. The molecule has 0 bridgehead atoms. The molecule has 4 aromatic rings. The molecule has 0 saturated carbocycles. The number of hydrogen-bond acceptors (Lipinski definition) is 7.